The fraction of sp³-hybridized carbons (Fsp3) is 1.00. The van der Waals surface area contributed by atoms with Gasteiger partial charge in [-0.2, -0.15) is 0 Å². The Morgan fingerprint density at radius 3 is 2.75 bits per heavy atom. The summed E-state index contributed by atoms with van der Waals surface area (Å²) in [5.74, 6) is 0. The van der Waals surface area contributed by atoms with Crippen molar-refractivity contribution in [1.82, 2.24) is 5.32 Å². The van der Waals surface area contributed by atoms with Gasteiger partial charge in [-0.05, 0) is 13.5 Å². The minimum atomic E-state index is -0.405. The van der Waals surface area contributed by atoms with Crippen molar-refractivity contribution in [2.75, 3.05) is 40.5 Å². The average Bonchev–Trinajstić information content (AvgIpc) is 2.05. The van der Waals surface area contributed by atoms with Crippen LogP contribution in [-0.2, 0) is 9.47 Å². The van der Waals surface area contributed by atoms with Crippen molar-refractivity contribution in [1.29, 1.82) is 0 Å². The molecular formula is C8H19NO3. The van der Waals surface area contributed by atoms with Gasteiger partial charge in [0, 0.05) is 26.9 Å². The van der Waals surface area contributed by atoms with Gasteiger partial charge in [0.2, 0.25) is 0 Å². The van der Waals surface area contributed by atoms with E-state index in [1.807, 2.05) is 0 Å². The summed E-state index contributed by atoms with van der Waals surface area (Å²) in [6.07, 6.45) is 0.473. The highest BCUT2D eigenvalue weighted by Crippen LogP contribution is 1.87. The Hall–Kier alpha value is -0.160. The molecular weight excluding hydrogens is 158 g/mol. The van der Waals surface area contributed by atoms with Crippen LogP contribution in [0.5, 0.6) is 0 Å². The Balaban J connectivity index is 2.97. The highest BCUT2D eigenvalue weighted by atomic mass is 16.5. The van der Waals surface area contributed by atoms with E-state index in [9.17, 15) is 5.11 Å². The van der Waals surface area contributed by atoms with Crippen molar-refractivity contribution in [3.05, 3.63) is 0 Å². The zero-order valence-electron chi connectivity index (χ0n) is 7.88. The number of hydrogen-bond donors (Lipinski definition) is 2. The molecule has 0 heterocycles. The largest absolute Gasteiger partial charge is 0.389 e. The lowest BCUT2D eigenvalue weighted by Gasteiger charge is -2.09. The van der Waals surface area contributed by atoms with Crippen LogP contribution in [0.2, 0.25) is 0 Å². The normalized spacial score (nSPS) is 13.2. The van der Waals surface area contributed by atoms with Crippen LogP contribution in [0.4, 0.5) is 0 Å². The Labute approximate surface area is 73.9 Å². The predicted octanol–water partition coefficient (Wildman–Crippen LogP) is -0.380. The molecule has 74 valence electrons. The van der Waals surface area contributed by atoms with E-state index in [-0.39, 0.29) is 0 Å². The Morgan fingerprint density at radius 1 is 1.42 bits per heavy atom. The molecule has 1 unspecified atom stereocenters. The van der Waals surface area contributed by atoms with E-state index < -0.39 is 6.10 Å². The van der Waals surface area contributed by atoms with E-state index in [2.05, 4.69) is 5.32 Å². The second kappa shape index (κ2) is 8.93. The third-order valence-corrected chi connectivity index (χ3v) is 1.39. The number of hydrogen-bond acceptors (Lipinski definition) is 4. The van der Waals surface area contributed by atoms with Crippen LogP contribution in [0, 0.1) is 0 Å². The number of likely N-dealkylation sites (N-methyl/N-ethyl adjacent to an activating group) is 1. The Kier molecular flexibility index (Phi) is 8.81. The molecule has 0 aromatic carbocycles. The summed E-state index contributed by atoms with van der Waals surface area (Å²) in [6, 6.07) is 0. The van der Waals surface area contributed by atoms with Gasteiger partial charge in [0.05, 0.1) is 12.7 Å². The molecule has 4 nitrogen and oxygen atoms in total. The van der Waals surface area contributed by atoms with Crippen molar-refractivity contribution >= 4 is 0 Å². The number of methoxy groups -OCH3 is 1. The van der Waals surface area contributed by atoms with E-state index >= 15 is 0 Å². The van der Waals surface area contributed by atoms with Crippen LogP contribution in [0.3, 0.4) is 0 Å². The zero-order valence-corrected chi connectivity index (χ0v) is 7.88. The van der Waals surface area contributed by atoms with E-state index in [1.54, 1.807) is 14.2 Å². The maximum atomic E-state index is 9.19. The van der Waals surface area contributed by atoms with Crippen LogP contribution in [0.25, 0.3) is 0 Å². The molecule has 0 aromatic rings. The van der Waals surface area contributed by atoms with Crippen LogP contribution in [-0.4, -0.2) is 51.7 Å². The maximum Gasteiger partial charge on any atom is 0.0897 e. The van der Waals surface area contributed by atoms with Gasteiger partial charge in [-0.1, -0.05) is 0 Å². The quantitative estimate of drug-likeness (QED) is 0.496. The van der Waals surface area contributed by atoms with E-state index in [4.69, 9.17) is 9.47 Å². The zero-order chi connectivity index (χ0) is 9.23. The number of rotatable bonds is 8. The first-order chi connectivity index (χ1) is 5.81. The maximum absolute atomic E-state index is 9.19. The minimum absolute atomic E-state index is 0.393. The molecule has 0 radical (unpaired) electrons. The van der Waals surface area contributed by atoms with Crippen LogP contribution in [0.15, 0.2) is 0 Å². The molecule has 0 aliphatic carbocycles. The third-order valence-electron chi connectivity index (χ3n) is 1.39. The van der Waals surface area contributed by atoms with Crippen LogP contribution in [0.1, 0.15) is 6.42 Å². The van der Waals surface area contributed by atoms with Gasteiger partial charge in [0.25, 0.3) is 0 Å². The first-order valence-electron chi connectivity index (χ1n) is 4.20. The number of aliphatic hydroxyl groups is 1. The van der Waals surface area contributed by atoms with E-state index in [0.717, 1.165) is 6.42 Å². The summed E-state index contributed by atoms with van der Waals surface area (Å²) >= 11 is 0. The van der Waals surface area contributed by atoms with Crippen molar-refractivity contribution < 1.29 is 14.6 Å². The molecule has 0 bridgehead atoms. The molecule has 0 spiro atoms. The van der Waals surface area contributed by atoms with Crippen molar-refractivity contribution in [3.8, 4) is 0 Å². The van der Waals surface area contributed by atoms with Gasteiger partial charge in [0.1, 0.15) is 0 Å². The molecule has 2 N–H and O–H groups in total. The van der Waals surface area contributed by atoms with E-state index in [0.29, 0.717) is 26.4 Å². The summed E-state index contributed by atoms with van der Waals surface area (Å²) < 4.78 is 10.0. The van der Waals surface area contributed by atoms with Crippen molar-refractivity contribution in [3.63, 3.8) is 0 Å². The summed E-state index contributed by atoms with van der Waals surface area (Å²) in [4.78, 5) is 0. The number of ether oxygens (including phenoxy) is 2. The highest BCUT2D eigenvalue weighted by molar-refractivity contribution is 4.54. The second-order valence-electron chi connectivity index (χ2n) is 2.63. The Morgan fingerprint density at radius 2 is 2.17 bits per heavy atom. The van der Waals surface area contributed by atoms with E-state index in [1.165, 1.54) is 0 Å². The molecule has 0 saturated heterocycles. The van der Waals surface area contributed by atoms with Crippen molar-refractivity contribution in [2.45, 2.75) is 12.5 Å². The molecule has 0 aliphatic rings. The first-order valence-corrected chi connectivity index (χ1v) is 4.20. The molecule has 0 saturated carbocycles. The molecule has 1 atom stereocenters. The fourth-order valence-corrected chi connectivity index (χ4v) is 0.819. The molecule has 0 rings (SSSR count). The summed E-state index contributed by atoms with van der Waals surface area (Å²) in [5.41, 5.74) is 0. The average molecular weight is 177 g/mol. The topological polar surface area (TPSA) is 50.7 Å². The lowest BCUT2D eigenvalue weighted by atomic mass is 10.4. The predicted molar refractivity (Wildman–Crippen MR) is 47.2 cm³/mol. The fourth-order valence-electron chi connectivity index (χ4n) is 0.819. The van der Waals surface area contributed by atoms with Crippen LogP contribution < -0.4 is 5.32 Å². The molecule has 12 heavy (non-hydrogen) atoms. The lowest BCUT2D eigenvalue weighted by molar-refractivity contribution is 0.0298. The van der Waals surface area contributed by atoms with Gasteiger partial charge in [0.15, 0.2) is 0 Å². The van der Waals surface area contributed by atoms with Gasteiger partial charge in [-0.25, -0.2) is 0 Å². The SMILES string of the molecule is CNCC(O)COCCCOC. The smallest absolute Gasteiger partial charge is 0.0897 e. The molecule has 0 aromatic heterocycles. The lowest BCUT2D eigenvalue weighted by Crippen LogP contribution is -2.28. The number of nitrogens with one attached hydrogen (secondary N) is 1. The van der Waals surface area contributed by atoms with Gasteiger partial charge < -0.3 is 19.9 Å². The number of aliphatic hydroxyl groups excluding tert-OH is 1. The van der Waals surface area contributed by atoms with Crippen molar-refractivity contribution in [2.24, 2.45) is 0 Å². The van der Waals surface area contributed by atoms with Crippen LogP contribution >= 0.6 is 0 Å². The van der Waals surface area contributed by atoms with Gasteiger partial charge in [-0.3, -0.25) is 0 Å². The Bertz CT molecular complexity index is 90.4. The van der Waals surface area contributed by atoms with Gasteiger partial charge in [-0.15, -0.1) is 0 Å². The summed E-state index contributed by atoms with van der Waals surface area (Å²) in [7, 11) is 3.46. The summed E-state index contributed by atoms with van der Waals surface area (Å²) in [5, 5.41) is 12.1. The second-order valence-corrected chi connectivity index (χ2v) is 2.63. The van der Waals surface area contributed by atoms with Gasteiger partial charge >= 0.3 is 0 Å². The molecule has 0 fully saturated rings. The standard InChI is InChI=1S/C8H19NO3/c1-9-6-8(10)7-12-5-3-4-11-2/h8-10H,3-7H2,1-2H3. The minimum Gasteiger partial charge on any atom is -0.389 e. The molecule has 4 heteroatoms. The first kappa shape index (κ1) is 11.8. The molecule has 0 amide bonds. The molecule has 0 aliphatic heterocycles. The summed E-state index contributed by atoms with van der Waals surface area (Å²) in [6.45, 7) is 2.32. The third kappa shape index (κ3) is 7.94. The highest BCUT2D eigenvalue weighted by Gasteiger charge is 2.00. The monoisotopic (exact) mass is 177 g/mol.